The van der Waals surface area contributed by atoms with E-state index in [9.17, 15) is 14.8 Å². The minimum Gasteiger partial charge on any atom is -0.481 e. The molecule has 0 amide bonds. The van der Waals surface area contributed by atoms with E-state index in [1.807, 2.05) is 89.9 Å². The third kappa shape index (κ3) is 4.00. The van der Waals surface area contributed by atoms with E-state index in [1.54, 1.807) is 0 Å². The summed E-state index contributed by atoms with van der Waals surface area (Å²) < 4.78 is 3.99. The molecule has 2 aromatic rings. The third-order valence-electron chi connectivity index (χ3n) is 4.55. The van der Waals surface area contributed by atoms with E-state index in [1.165, 1.54) is 0 Å². The summed E-state index contributed by atoms with van der Waals surface area (Å²) >= 11 is 0. The zero-order valence-electron chi connectivity index (χ0n) is 15.7. The third-order valence-corrected chi connectivity index (χ3v) is 7.84. The van der Waals surface area contributed by atoms with E-state index in [-0.39, 0.29) is 12.3 Å². The Hall–Kier alpha value is -2.36. The highest BCUT2D eigenvalue weighted by Gasteiger charge is 2.59. The molecule has 6 heteroatoms. The molecule has 142 valence electrons. The number of carboxylic acid groups (broad SMARTS) is 1. The summed E-state index contributed by atoms with van der Waals surface area (Å²) in [6.45, 7) is 5.28. The molecular weight excluding hydrogens is 359 g/mol. The Morgan fingerprint density at radius 3 is 1.81 bits per heavy atom. The molecule has 1 aliphatic heterocycles. The van der Waals surface area contributed by atoms with E-state index < -0.39 is 13.8 Å². The van der Waals surface area contributed by atoms with Crippen LogP contribution in [0.4, 0.5) is 11.4 Å². The van der Waals surface area contributed by atoms with Crippen molar-refractivity contribution in [2.75, 3.05) is 22.4 Å². The van der Waals surface area contributed by atoms with Crippen LogP contribution in [0.15, 0.2) is 72.1 Å². The summed E-state index contributed by atoms with van der Waals surface area (Å²) in [5.74, 6) is -0.789. The van der Waals surface area contributed by atoms with Crippen LogP contribution >= 0.6 is 7.79 Å². The first-order valence-electron chi connectivity index (χ1n) is 9.14. The second kappa shape index (κ2) is 8.12. The Bertz CT molecular complexity index is 761. The standard InChI is InChI=1S/C21H25N2O3P/c1-17(2)15-20(16-21(24)25)27(26)22(18-9-5-3-6-10-18)13-14-23(27)19-11-7-4-8-12-19/h3-12,15,17,26H,13-14,16H2,1-2H3/p+1/b20-15+. The molecule has 0 atom stereocenters. The van der Waals surface area contributed by atoms with Crippen molar-refractivity contribution in [3.05, 3.63) is 72.1 Å². The Labute approximate surface area is 161 Å². The van der Waals surface area contributed by atoms with Crippen molar-refractivity contribution < 1.29 is 14.8 Å². The zero-order valence-corrected chi connectivity index (χ0v) is 16.6. The van der Waals surface area contributed by atoms with Crippen molar-refractivity contribution in [2.24, 2.45) is 5.92 Å². The fourth-order valence-electron chi connectivity index (χ4n) is 3.49. The molecule has 3 rings (SSSR count). The van der Waals surface area contributed by atoms with Gasteiger partial charge in [0.25, 0.3) is 0 Å². The number of carbonyl (C=O) groups is 1. The molecule has 0 radical (unpaired) electrons. The van der Waals surface area contributed by atoms with Gasteiger partial charge in [0.05, 0.1) is 24.5 Å². The maximum atomic E-state index is 12.1. The number of aliphatic carboxylic acids is 1. The molecule has 0 aromatic heterocycles. The predicted molar refractivity (Wildman–Crippen MR) is 112 cm³/mol. The lowest BCUT2D eigenvalue weighted by Crippen LogP contribution is -2.27. The van der Waals surface area contributed by atoms with Gasteiger partial charge in [0.2, 0.25) is 0 Å². The number of nitrogens with zero attached hydrogens (tertiary/aromatic N) is 2. The van der Waals surface area contributed by atoms with Gasteiger partial charge in [-0.2, -0.15) is 14.2 Å². The van der Waals surface area contributed by atoms with Gasteiger partial charge in [0.15, 0.2) is 5.31 Å². The smallest absolute Gasteiger partial charge is 0.362 e. The topological polar surface area (TPSA) is 64.0 Å². The van der Waals surface area contributed by atoms with Crippen LogP contribution in [0.3, 0.4) is 0 Å². The van der Waals surface area contributed by atoms with Crippen molar-refractivity contribution in [2.45, 2.75) is 20.3 Å². The molecule has 1 saturated heterocycles. The first-order valence-corrected chi connectivity index (χ1v) is 10.8. The van der Waals surface area contributed by atoms with Crippen LogP contribution in [-0.2, 0) is 4.79 Å². The minimum atomic E-state index is -3.06. The fourth-order valence-corrected chi connectivity index (χ4v) is 6.87. The number of carboxylic acids is 1. The van der Waals surface area contributed by atoms with E-state index in [0.29, 0.717) is 18.4 Å². The summed E-state index contributed by atoms with van der Waals surface area (Å²) in [6.07, 6.45) is 1.74. The lowest BCUT2D eigenvalue weighted by atomic mass is 10.2. The molecule has 1 fully saturated rings. The average Bonchev–Trinajstić information content (AvgIpc) is 3.00. The van der Waals surface area contributed by atoms with E-state index >= 15 is 0 Å². The van der Waals surface area contributed by atoms with Crippen molar-refractivity contribution in [1.29, 1.82) is 0 Å². The lowest BCUT2D eigenvalue weighted by molar-refractivity contribution is -0.136. The van der Waals surface area contributed by atoms with Crippen LogP contribution in [0.1, 0.15) is 20.3 Å². The van der Waals surface area contributed by atoms with Crippen LogP contribution in [0, 0.1) is 5.92 Å². The minimum absolute atomic E-state index is 0.138. The highest BCUT2D eigenvalue weighted by atomic mass is 31.2. The van der Waals surface area contributed by atoms with Crippen LogP contribution < -0.4 is 9.34 Å². The molecule has 0 unspecified atom stereocenters. The quantitative estimate of drug-likeness (QED) is 0.701. The molecule has 0 saturated carbocycles. The van der Waals surface area contributed by atoms with Crippen molar-refractivity contribution in [1.82, 2.24) is 0 Å². The van der Waals surface area contributed by atoms with Crippen LogP contribution in [0.5, 0.6) is 0 Å². The molecule has 0 aliphatic carbocycles. The summed E-state index contributed by atoms with van der Waals surface area (Å²) in [6, 6.07) is 19.5. The number of para-hydroxylation sites is 2. The highest BCUT2D eigenvalue weighted by Crippen LogP contribution is 2.72. The normalized spacial score (nSPS) is 16.8. The lowest BCUT2D eigenvalue weighted by Gasteiger charge is -2.32. The first kappa shape index (κ1) is 19.4. The number of hydrogen-bond donors (Lipinski definition) is 2. The van der Waals surface area contributed by atoms with Gasteiger partial charge in [-0.3, -0.25) is 4.79 Å². The van der Waals surface area contributed by atoms with E-state index in [0.717, 1.165) is 11.4 Å². The molecule has 0 bridgehead atoms. The van der Waals surface area contributed by atoms with Crippen molar-refractivity contribution in [3.8, 4) is 0 Å². The first-order chi connectivity index (χ1) is 12.9. The van der Waals surface area contributed by atoms with Gasteiger partial charge >= 0.3 is 13.8 Å². The second-order valence-corrected chi connectivity index (χ2v) is 9.64. The largest absolute Gasteiger partial charge is 0.481 e. The maximum absolute atomic E-state index is 12.1. The van der Waals surface area contributed by atoms with Crippen molar-refractivity contribution >= 4 is 25.1 Å². The average molecular weight is 385 g/mol. The summed E-state index contributed by atoms with van der Waals surface area (Å²) in [5.41, 5.74) is 1.82. The molecule has 0 spiro atoms. The molecule has 1 aliphatic rings. The van der Waals surface area contributed by atoms with Gasteiger partial charge in [0, 0.05) is 0 Å². The zero-order chi connectivity index (χ0) is 19.4. The van der Waals surface area contributed by atoms with Gasteiger partial charge in [-0.15, -0.1) is 0 Å². The van der Waals surface area contributed by atoms with Gasteiger partial charge in [-0.25, -0.2) is 0 Å². The van der Waals surface area contributed by atoms with E-state index in [2.05, 4.69) is 0 Å². The van der Waals surface area contributed by atoms with Crippen LogP contribution in [-0.4, -0.2) is 29.1 Å². The number of rotatable bonds is 6. The number of allylic oxidation sites excluding steroid dienone is 1. The number of anilines is 2. The highest BCUT2D eigenvalue weighted by molar-refractivity contribution is 7.77. The Kier molecular flexibility index (Phi) is 5.83. The predicted octanol–water partition coefficient (Wildman–Crippen LogP) is 4.78. The van der Waals surface area contributed by atoms with Gasteiger partial charge in [-0.1, -0.05) is 50.2 Å². The molecule has 2 aromatic carbocycles. The van der Waals surface area contributed by atoms with Crippen LogP contribution in [0.2, 0.25) is 0 Å². The molecule has 2 N–H and O–H groups in total. The summed E-state index contributed by atoms with van der Waals surface area (Å²) in [4.78, 5) is 23.7. The summed E-state index contributed by atoms with van der Waals surface area (Å²) in [5, 5.41) is 10.1. The van der Waals surface area contributed by atoms with Gasteiger partial charge < -0.3 is 5.11 Å². The van der Waals surface area contributed by atoms with Crippen LogP contribution in [0.25, 0.3) is 0 Å². The Morgan fingerprint density at radius 1 is 1.00 bits per heavy atom. The fraction of sp³-hybridized carbons (Fsp3) is 0.286. The molecular formula is C21H26N2O3P+. The molecule has 27 heavy (non-hydrogen) atoms. The SMILES string of the molecule is CC(C)/C=C(\CC(=O)O)[P+]1(O)N(c2ccccc2)CCN1c1ccccc1. The van der Waals surface area contributed by atoms with Crippen molar-refractivity contribution in [3.63, 3.8) is 0 Å². The Balaban J connectivity index is 2.14. The number of benzene rings is 2. The van der Waals surface area contributed by atoms with Gasteiger partial charge in [-0.05, 0) is 36.3 Å². The maximum Gasteiger partial charge on any atom is 0.362 e. The second-order valence-electron chi connectivity index (χ2n) is 6.96. The van der Waals surface area contributed by atoms with E-state index in [4.69, 9.17) is 0 Å². The van der Waals surface area contributed by atoms with Gasteiger partial charge in [0.1, 0.15) is 6.42 Å². The molecule has 1 heterocycles. The summed E-state index contributed by atoms with van der Waals surface area (Å²) in [7, 11) is -3.06. The molecule has 5 nitrogen and oxygen atoms in total. The monoisotopic (exact) mass is 385 g/mol. The number of hydrogen-bond acceptors (Lipinski definition) is 4. The Morgan fingerprint density at radius 2 is 1.44 bits per heavy atom.